The van der Waals surface area contributed by atoms with Crippen LogP contribution in [0.3, 0.4) is 0 Å². The van der Waals surface area contributed by atoms with Gasteiger partial charge in [-0.05, 0) is 12.5 Å². The highest BCUT2D eigenvalue weighted by molar-refractivity contribution is 5.26. The molecule has 0 bridgehead atoms. The van der Waals surface area contributed by atoms with E-state index in [1.54, 1.807) is 6.07 Å². The van der Waals surface area contributed by atoms with Gasteiger partial charge in [0.15, 0.2) is 0 Å². The lowest BCUT2D eigenvalue weighted by Crippen LogP contribution is -2.09. The molecule has 0 aliphatic carbocycles. The molecule has 0 spiro atoms. The third kappa shape index (κ3) is 1.96. The Bertz CT molecular complexity index is 326. The van der Waals surface area contributed by atoms with Gasteiger partial charge in [-0.15, -0.1) is 0 Å². The second-order valence-corrected chi connectivity index (χ2v) is 2.46. The first-order valence-corrected chi connectivity index (χ1v) is 3.27. The minimum Gasteiger partial charge on any atom is -0.207 e. The second kappa shape index (κ2) is 2.97. The van der Waals surface area contributed by atoms with E-state index < -0.39 is 23.4 Å². The van der Waals surface area contributed by atoms with Crippen molar-refractivity contribution in [3.8, 4) is 0 Å². The summed E-state index contributed by atoms with van der Waals surface area (Å²) in [6.45, 7) is 1.09. The van der Waals surface area contributed by atoms with Crippen molar-refractivity contribution in [2.24, 2.45) is 0 Å². The van der Waals surface area contributed by atoms with E-state index in [1.165, 1.54) is 0 Å². The molecule has 13 heavy (non-hydrogen) atoms. The topological polar surface area (TPSA) is 0 Å². The number of halogens is 5. The van der Waals surface area contributed by atoms with Crippen LogP contribution in [0.5, 0.6) is 0 Å². The molecule has 0 amide bonds. The number of aryl methyl sites for hydroxylation is 1. The Balaban J connectivity index is 3.32. The quantitative estimate of drug-likeness (QED) is 0.558. The molecule has 0 fully saturated rings. The minimum atomic E-state index is -4.83. The zero-order valence-corrected chi connectivity index (χ0v) is 6.47. The smallest absolute Gasteiger partial charge is 0.207 e. The minimum absolute atomic E-state index is 0.203. The van der Waals surface area contributed by atoms with Crippen molar-refractivity contribution in [1.82, 2.24) is 0 Å². The van der Waals surface area contributed by atoms with Gasteiger partial charge in [0.2, 0.25) is 0 Å². The van der Waals surface area contributed by atoms with E-state index in [0.717, 1.165) is 6.92 Å². The van der Waals surface area contributed by atoms with Crippen molar-refractivity contribution >= 4 is 0 Å². The molecule has 0 saturated heterocycles. The van der Waals surface area contributed by atoms with Gasteiger partial charge in [-0.2, -0.15) is 13.2 Å². The van der Waals surface area contributed by atoms with E-state index in [4.69, 9.17) is 0 Å². The average molecular weight is 195 g/mol. The van der Waals surface area contributed by atoms with E-state index in [9.17, 15) is 22.0 Å². The molecule has 0 nitrogen and oxygen atoms in total. The summed E-state index contributed by atoms with van der Waals surface area (Å²) in [4.78, 5) is 0. The van der Waals surface area contributed by atoms with Crippen molar-refractivity contribution in [2.45, 2.75) is 13.1 Å². The number of benzene rings is 1. The molecular formula is C8H4F5. The Kier molecular flexibility index (Phi) is 2.28. The predicted molar refractivity (Wildman–Crippen MR) is 34.9 cm³/mol. The molecule has 0 aliphatic heterocycles. The molecule has 0 N–H and O–H groups in total. The highest BCUT2D eigenvalue weighted by Crippen LogP contribution is 2.31. The fourth-order valence-corrected chi connectivity index (χ4v) is 0.805. The summed E-state index contributed by atoms with van der Waals surface area (Å²) in [5, 5.41) is 0. The van der Waals surface area contributed by atoms with Crippen LogP contribution in [0.15, 0.2) is 6.07 Å². The lowest BCUT2D eigenvalue weighted by Gasteiger charge is -2.08. The van der Waals surface area contributed by atoms with Crippen LogP contribution in [0.4, 0.5) is 22.0 Å². The Labute approximate surface area is 71.0 Å². The maximum absolute atomic E-state index is 12.5. The lowest BCUT2D eigenvalue weighted by molar-refractivity contribution is -0.140. The summed E-state index contributed by atoms with van der Waals surface area (Å²) in [7, 11) is 0. The van der Waals surface area contributed by atoms with Crippen molar-refractivity contribution in [2.75, 3.05) is 0 Å². The van der Waals surface area contributed by atoms with Gasteiger partial charge in [0.25, 0.3) is 0 Å². The Morgan fingerprint density at radius 3 is 2.15 bits per heavy atom. The first kappa shape index (κ1) is 9.95. The lowest BCUT2D eigenvalue weighted by atomic mass is 10.1. The van der Waals surface area contributed by atoms with Gasteiger partial charge in [-0.25, -0.2) is 8.78 Å². The molecule has 0 aromatic heterocycles. The SMILES string of the molecule is Cc1[c]c(C(F)(F)F)c(F)cc1F. The van der Waals surface area contributed by atoms with Gasteiger partial charge in [-0.1, -0.05) is 0 Å². The van der Waals surface area contributed by atoms with Gasteiger partial charge in [0.1, 0.15) is 11.6 Å². The van der Waals surface area contributed by atoms with Gasteiger partial charge in [0.05, 0.1) is 5.56 Å². The first-order valence-electron chi connectivity index (χ1n) is 3.27. The Morgan fingerprint density at radius 1 is 1.15 bits per heavy atom. The van der Waals surface area contributed by atoms with Crippen LogP contribution in [-0.4, -0.2) is 0 Å². The Morgan fingerprint density at radius 2 is 1.69 bits per heavy atom. The summed E-state index contributed by atoms with van der Waals surface area (Å²) in [5.41, 5.74) is -1.92. The van der Waals surface area contributed by atoms with E-state index in [-0.39, 0.29) is 11.6 Å². The van der Waals surface area contributed by atoms with Crippen LogP contribution in [0.2, 0.25) is 0 Å². The zero-order valence-electron chi connectivity index (χ0n) is 6.47. The van der Waals surface area contributed by atoms with Crippen LogP contribution in [-0.2, 0) is 6.18 Å². The van der Waals surface area contributed by atoms with Gasteiger partial charge >= 0.3 is 6.18 Å². The molecule has 71 valence electrons. The van der Waals surface area contributed by atoms with E-state index >= 15 is 0 Å². The number of hydrogen-bond acceptors (Lipinski definition) is 0. The second-order valence-electron chi connectivity index (χ2n) is 2.46. The fraction of sp³-hybridized carbons (Fsp3) is 0.250. The number of alkyl halides is 3. The maximum atomic E-state index is 12.5. The average Bonchev–Trinajstić information content (AvgIpc) is 1.94. The molecule has 0 saturated carbocycles. The van der Waals surface area contributed by atoms with E-state index in [1.807, 2.05) is 0 Å². The molecule has 1 rings (SSSR count). The molecule has 1 aromatic rings. The molecular weight excluding hydrogens is 191 g/mol. The molecule has 0 aliphatic rings. The molecule has 0 atom stereocenters. The van der Waals surface area contributed by atoms with E-state index in [2.05, 4.69) is 0 Å². The summed E-state index contributed by atoms with van der Waals surface area (Å²) in [6.07, 6.45) is -4.83. The highest BCUT2D eigenvalue weighted by atomic mass is 19.4. The zero-order chi connectivity index (χ0) is 10.2. The fourth-order valence-electron chi connectivity index (χ4n) is 0.805. The highest BCUT2D eigenvalue weighted by Gasteiger charge is 2.34. The predicted octanol–water partition coefficient (Wildman–Crippen LogP) is 3.09. The summed E-state index contributed by atoms with van der Waals surface area (Å²) in [5.74, 6) is -2.68. The molecule has 5 heteroatoms. The number of rotatable bonds is 0. The monoisotopic (exact) mass is 195 g/mol. The summed E-state index contributed by atoms with van der Waals surface area (Å²) in [6, 6.07) is 1.81. The van der Waals surface area contributed by atoms with Crippen LogP contribution in [0.1, 0.15) is 11.1 Å². The van der Waals surface area contributed by atoms with Crippen molar-refractivity contribution in [3.05, 3.63) is 34.9 Å². The first-order chi connectivity index (χ1) is 5.82. The summed E-state index contributed by atoms with van der Waals surface area (Å²) >= 11 is 0. The molecule has 1 radical (unpaired) electrons. The largest absolute Gasteiger partial charge is 0.419 e. The normalized spacial score (nSPS) is 11.8. The molecule has 0 unspecified atom stereocenters. The van der Waals surface area contributed by atoms with Crippen LogP contribution in [0, 0.1) is 24.6 Å². The van der Waals surface area contributed by atoms with Crippen molar-refractivity contribution in [3.63, 3.8) is 0 Å². The number of hydrogen-bond donors (Lipinski definition) is 0. The van der Waals surface area contributed by atoms with Crippen LogP contribution in [0.25, 0.3) is 0 Å². The molecule has 0 heterocycles. The van der Waals surface area contributed by atoms with Crippen molar-refractivity contribution < 1.29 is 22.0 Å². The third-order valence-corrected chi connectivity index (χ3v) is 1.45. The Hall–Kier alpha value is -1.13. The van der Waals surface area contributed by atoms with Crippen LogP contribution >= 0.6 is 0 Å². The molecule has 1 aromatic carbocycles. The standard InChI is InChI=1S/C8H4F5/c1-4-2-5(8(11,12)13)7(10)3-6(4)9/h3H,1H3. The summed E-state index contributed by atoms with van der Waals surface area (Å²) < 4.78 is 60.9. The van der Waals surface area contributed by atoms with Gasteiger partial charge in [0, 0.05) is 12.1 Å². The van der Waals surface area contributed by atoms with Gasteiger partial charge in [-0.3, -0.25) is 0 Å². The van der Waals surface area contributed by atoms with E-state index in [0.29, 0.717) is 0 Å². The maximum Gasteiger partial charge on any atom is 0.419 e. The van der Waals surface area contributed by atoms with Crippen LogP contribution < -0.4 is 0 Å². The third-order valence-electron chi connectivity index (χ3n) is 1.45. The van der Waals surface area contributed by atoms with Crippen molar-refractivity contribution in [1.29, 1.82) is 0 Å². The van der Waals surface area contributed by atoms with Gasteiger partial charge < -0.3 is 0 Å².